The van der Waals surface area contributed by atoms with Gasteiger partial charge in [0.1, 0.15) is 10.8 Å². The number of ether oxygens (including phenoxy) is 2. The van der Waals surface area contributed by atoms with Gasteiger partial charge in [0.15, 0.2) is 17.1 Å². The number of aromatic nitrogens is 1. The zero-order valence-corrected chi connectivity index (χ0v) is 19.8. The number of thioether (sulfide) groups is 2. The largest absolute Gasteiger partial charge is 0.493 e. The molecule has 1 fully saturated rings. The minimum Gasteiger partial charge on any atom is -0.493 e. The summed E-state index contributed by atoms with van der Waals surface area (Å²) in [6, 6.07) is 12.0. The van der Waals surface area contributed by atoms with E-state index >= 15 is 0 Å². The molecule has 0 saturated carbocycles. The first-order valence-electron chi connectivity index (χ1n) is 10.1. The van der Waals surface area contributed by atoms with Gasteiger partial charge in [0.2, 0.25) is 5.91 Å². The molecule has 4 rings (SSSR count). The van der Waals surface area contributed by atoms with E-state index < -0.39 is 22.4 Å². The van der Waals surface area contributed by atoms with Gasteiger partial charge in [-0.05, 0) is 35.9 Å². The molecule has 2 N–H and O–H groups in total. The van der Waals surface area contributed by atoms with Crippen molar-refractivity contribution in [3.05, 3.63) is 48.0 Å². The number of nitrogens with one attached hydrogen (secondary N) is 2. The van der Waals surface area contributed by atoms with Gasteiger partial charge < -0.3 is 13.9 Å². The second-order valence-electron chi connectivity index (χ2n) is 7.00. The number of fused-ring (bicyclic) bond motifs is 1. The van der Waals surface area contributed by atoms with Crippen LogP contribution < -0.4 is 20.2 Å². The number of carbonyl (C=O) groups is 4. The van der Waals surface area contributed by atoms with E-state index in [4.69, 9.17) is 13.9 Å². The number of oxazole rings is 1. The Kier molecular flexibility index (Phi) is 7.67. The van der Waals surface area contributed by atoms with Crippen molar-refractivity contribution < 1.29 is 33.1 Å². The molecule has 35 heavy (non-hydrogen) atoms. The molecule has 3 aromatic rings. The van der Waals surface area contributed by atoms with Gasteiger partial charge in [-0.15, -0.1) is 0 Å². The van der Waals surface area contributed by atoms with Crippen LogP contribution in [0.1, 0.15) is 12.0 Å². The average molecular weight is 515 g/mol. The van der Waals surface area contributed by atoms with Crippen molar-refractivity contribution in [2.75, 3.05) is 12.9 Å². The van der Waals surface area contributed by atoms with Crippen LogP contribution in [-0.2, 0) is 14.4 Å². The summed E-state index contributed by atoms with van der Waals surface area (Å²) in [6.45, 7) is 0. The minimum absolute atomic E-state index is 0.0608. The first kappa shape index (κ1) is 24.3. The Morgan fingerprint density at radius 1 is 1.26 bits per heavy atom. The molecule has 1 atom stereocenters. The van der Waals surface area contributed by atoms with Gasteiger partial charge in [0.25, 0.3) is 16.4 Å². The Balaban J connectivity index is 1.28. The third kappa shape index (κ3) is 6.39. The van der Waals surface area contributed by atoms with Crippen LogP contribution in [0, 0.1) is 0 Å². The van der Waals surface area contributed by atoms with Crippen LogP contribution >= 0.6 is 23.5 Å². The molecule has 1 aliphatic heterocycles. The fourth-order valence-electron chi connectivity index (χ4n) is 2.94. The van der Waals surface area contributed by atoms with Gasteiger partial charge in [-0.25, -0.2) is 10.4 Å². The number of imide groups is 1. The molecule has 180 valence electrons. The van der Waals surface area contributed by atoms with E-state index in [0.717, 1.165) is 29.0 Å². The fraction of sp³-hybridized carbons (Fsp3) is 0.182. The quantitative estimate of drug-likeness (QED) is 0.143. The first-order valence-corrected chi connectivity index (χ1v) is 12.0. The number of methoxy groups -OCH3 is 1. The van der Waals surface area contributed by atoms with Crippen molar-refractivity contribution in [3.63, 3.8) is 0 Å². The minimum atomic E-state index is -0.822. The topological polar surface area (TPSA) is 149 Å². The lowest BCUT2D eigenvalue weighted by Gasteiger charge is -2.10. The standard InChI is InChI=1S/C22H18N4O7S2/c1-31-16-8-12(6-7-15(16)32-19(28)9-17-20(29)25-21(30)35-17)10-23-26-18(27)11-34-22-24-13-4-2-3-5-14(13)33-22/h2-8,10,17H,9,11H2,1H3,(H,26,27)(H,25,29,30)/b23-10-/t17-/m0/s1. The van der Waals surface area contributed by atoms with Crippen molar-refractivity contribution in [1.82, 2.24) is 15.7 Å². The van der Waals surface area contributed by atoms with Crippen molar-refractivity contribution in [3.8, 4) is 11.5 Å². The first-order chi connectivity index (χ1) is 16.9. The van der Waals surface area contributed by atoms with Crippen LogP contribution in [0.3, 0.4) is 0 Å². The van der Waals surface area contributed by atoms with Gasteiger partial charge in [-0.3, -0.25) is 24.5 Å². The molecule has 1 aliphatic rings. The lowest BCUT2D eigenvalue weighted by atomic mass is 10.2. The zero-order valence-electron chi connectivity index (χ0n) is 18.2. The number of hydrogen-bond acceptors (Lipinski definition) is 11. The summed E-state index contributed by atoms with van der Waals surface area (Å²) in [4.78, 5) is 51.3. The molecule has 0 bridgehead atoms. The summed E-state index contributed by atoms with van der Waals surface area (Å²) in [5.41, 5.74) is 4.35. The monoisotopic (exact) mass is 514 g/mol. The number of esters is 1. The predicted octanol–water partition coefficient (Wildman–Crippen LogP) is 2.73. The molecule has 0 unspecified atom stereocenters. The van der Waals surface area contributed by atoms with Gasteiger partial charge in [0.05, 0.1) is 25.5 Å². The highest BCUT2D eigenvalue weighted by Crippen LogP contribution is 2.29. The second-order valence-corrected chi connectivity index (χ2v) is 9.10. The van der Waals surface area contributed by atoms with Crippen LogP contribution in [-0.4, -0.2) is 52.3 Å². The van der Waals surface area contributed by atoms with E-state index in [1.54, 1.807) is 18.2 Å². The predicted molar refractivity (Wildman–Crippen MR) is 129 cm³/mol. The number of benzene rings is 2. The summed E-state index contributed by atoms with van der Waals surface area (Å²) in [7, 11) is 1.40. The molecule has 0 radical (unpaired) electrons. The van der Waals surface area contributed by atoms with Crippen molar-refractivity contribution in [2.24, 2.45) is 5.10 Å². The number of hydrogen-bond donors (Lipinski definition) is 2. The van der Waals surface area contributed by atoms with E-state index in [1.807, 2.05) is 18.2 Å². The highest BCUT2D eigenvalue weighted by molar-refractivity contribution is 8.15. The molecular weight excluding hydrogens is 496 g/mol. The maximum Gasteiger partial charge on any atom is 0.312 e. The van der Waals surface area contributed by atoms with Crippen LogP contribution in [0.2, 0.25) is 0 Å². The Morgan fingerprint density at radius 2 is 2.09 bits per heavy atom. The van der Waals surface area contributed by atoms with Crippen LogP contribution in [0.5, 0.6) is 11.5 Å². The van der Waals surface area contributed by atoms with Crippen LogP contribution in [0.4, 0.5) is 4.79 Å². The lowest BCUT2D eigenvalue weighted by Crippen LogP contribution is -2.27. The van der Waals surface area contributed by atoms with Crippen molar-refractivity contribution >= 4 is 63.9 Å². The summed E-state index contributed by atoms with van der Waals surface area (Å²) < 4.78 is 16.1. The highest BCUT2D eigenvalue weighted by Gasteiger charge is 2.34. The number of amides is 3. The molecular formula is C22H18N4O7S2. The molecule has 2 heterocycles. The van der Waals surface area contributed by atoms with Crippen molar-refractivity contribution in [1.29, 1.82) is 0 Å². The summed E-state index contributed by atoms with van der Waals surface area (Å²) in [5.74, 6) is -1.10. The molecule has 1 aromatic heterocycles. The fourth-order valence-corrected chi connectivity index (χ4v) is 4.38. The second kappa shape index (κ2) is 11.1. The van der Waals surface area contributed by atoms with Gasteiger partial charge in [-0.2, -0.15) is 5.10 Å². The third-order valence-electron chi connectivity index (χ3n) is 4.53. The number of para-hydroxylation sites is 2. The Bertz CT molecular complexity index is 1290. The Labute approximate surface area is 207 Å². The SMILES string of the molecule is COc1cc(/C=N\NC(=O)CSc2nc3ccccc3o2)ccc1OC(=O)C[C@@H]1SC(=O)NC1=O. The lowest BCUT2D eigenvalue weighted by molar-refractivity contribution is -0.136. The normalized spacial score (nSPS) is 15.4. The van der Waals surface area contributed by atoms with Gasteiger partial charge in [0, 0.05) is 0 Å². The summed E-state index contributed by atoms with van der Waals surface area (Å²) >= 11 is 1.89. The molecule has 1 saturated heterocycles. The molecule has 0 spiro atoms. The average Bonchev–Trinajstić information content (AvgIpc) is 3.40. The number of rotatable bonds is 9. The van der Waals surface area contributed by atoms with E-state index in [2.05, 4.69) is 20.8 Å². The van der Waals surface area contributed by atoms with E-state index in [-0.39, 0.29) is 29.6 Å². The highest BCUT2D eigenvalue weighted by atomic mass is 32.2. The molecule has 13 heteroatoms. The molecule has 3 amide bonds. The van der Waals surface area contributed by atoms with Gasteiger partial charge >= 0.3 is 5.97 Å². The van der Waals surface area contributed by atoms with E-state index in [0.29, 0.717) is 16.4 Å². The Hall–Kier alpha value is -3.84. The number of nitrogens with zero attached hydrogens (tertiary/aromatic N) is 2. The van der Waals surface area contributed by atoms with Crippen molar-refractivity contribution in [2.45, 2.75) is 16.9 Å². The smallest absolute Gasteiger partial charge is 0.312 e. The number of carbonyl (C=O) groups excluding carboxylic acids is 4. The summed E-state index contributed by atoms with van der Waals surface area (Å²) in [6.07, 6.45) is 1.14. The van der Waals surface area contributed by atoms with Crippen LogP contribution in [0.15, 0.2) is 57.2 Å². The Morgan fingerprint density at radius 3 is 2.83 bits per heavy atom. The zero-order chi connectivity index (χ0) is 24.8. The van der Waals surface area contributed by atoms with Gasteiger partial charge in [-0.1, -0.05) is 35.7 Å². The molecule has 2 aromatic carbocycles. The van der Waals surface area contributed by atoms with E-state index in [1.165, 1.54) is 19.4 Å². The maximum absolute atomic E-state index is 12.2. The third-order valence-corrected chi connectivity index (χ3v) is 6.34. The number of hydrazone groups is 1. The van der Waals surface area contributed by atoms with Crippen LogP contribution in [0.25, 0.3) is 11.1 Å². The van der Waals surface area contributed by atoms with E-state index in [9.17, 15) is 19.2 Å². The molecule has 11 nitrogen and oxygen atoms in total. The maximum atomic E-state index is 12.2. The summed E-state index contributed by atoms with van der Waals surface area (Å²) in [5, 5.41) is 5.10. The molecule has 0 aliphatic carbocycles.